The number of fused-ring (bicyclic) bond motifs is 2. The topological polar surface area (TPSA) is 20.2 Å². The van der Waals surface area contributed by atoms with Gasteiger partial charge in [-0.05, 0) is 49.1 Å². The van der Waals surface area contributed by atoms with Crippen LogP contribution in [0.15, 0.2) is 24.3 Å². The molecule has 3 rings (SSSR count). The van der Waals surface area contributed by atoms with E-state index >= 15 is 0 Å². The van der Waals surface area contributed by atoms with Crippen LogP contribution in [0, 0.1) is 17.3 Å². The summed E-state index contributed by atoms with van der Waals surface area (Å²) >= 11 is 0. The summed E-state index contributed by atoms with van der Waals surface area (Å²) in [5.41, 5.74) is -0.0830. The van der Waals surface area contributed by atoms with E-state index in [1.807, 2.05) is 0 Å². The molecule has 1 aromatic rings. The molecule has 3 atom stereocenters. The molecule has 1 aromatic carbocycles. The first-order chi connectivity index (χ1) is 9.43. The van der Waals surface area contributed by atoms with Gasteiger partial charge in [-0.15, -0.1) is 0 Å². The highest BCUT2D eigenvalue weighted by molar-refractivity contribution is 5.27. The number of hydrogen-bond acceptors (Lipinski definition) is 1. The largest absolute Gasteiger partial charge is 0.416 e. The van der Waals surface area contributed by atoms with Crippen LogP contribution in [0.4, 0.5) is 13.2 Å². The molecule has 0 aromatic heterocycles. The summed E-state index contributed by atoms with van der Waals surface area (Å²) in [6, 6.07) is 5.56. The predicted molar refractivity (Wildman–Crippen MR) is 70.1 cm³/mol. The molecule has 2 bridgehead atoms. The number of halogens is 3. The van der Waals surface area contributed by atoms with Crippen molar-refractivity contribution < 1.29 is 18.3 Å². The first kappa shape index (κ1) is 13.9. The summed E-state index contributed by atoms with van der Waals surface area (Å²) < 4.78 is 38.3. The van der Waals surface area contributed by atoms with Crippen LogP contribution in [0.5, 0.6) is 0 Å². The Labute approximate surface area is 116 Å². The zero-order chi connectivity index (χ0) is 14.4. The molecule has 2 aliphatic rings. The van der Waals surface area contributed by atoms with Crippen LogP contribution in [-0.4, -0.2) is 11.7 Å². The van der Waals surface area contributed by atoms with E-state index in [0.717, 1.165) is 25.3 Å². The summed E-state index contributed by atoms with van der Waals surface area (Å²) in [5.74, 6) is 1.14. The Morgan fingerprint density at radius 2 is 2.05 bits per heavy atom. The molecule has 2 saturated carbocycles. The van der Waals surface area contributed by atoms with Gasteiger partial charge in [-0.2, -0.15) is 13.2 Å². The predicted octanol–water partition coefficient (Wildman–Crippen LogP) is 4.05. The van der Waals surface area contributed by atoms with Crippen LogP contribution in [0.3, 0.4) is 0 Å². The number of benzene rings is 1. The molecule has 1 N–H and O–H groups in total. The summed E-state index contributed by atoms with van der Waals surface area (Å²) in [7, 11) is 0. The second-order valence-electron chi connectivity index (χ2n) is 6.48. The second kappa shape index (κ2) is 4.76. The Morgan fingerprint density at radius 1 is 1.25 bits per heavy atom. The van der Waals surface area contributed by atoms with Crippen molar-refractivity contribution in [2.24, 2.45) is 17.3 Å². The number of aliphatic hydroxyl groups excluding tert-OH is 1. The van der Waals surface area contributed by atoms with Gasteiger partial charge >= 0.3 is 6.18 Å². The van der Waals surface area contributed by atoms with Gasteiger partial charge in [0.15, 0.2) is 0 Å². The third kappa shape index (κ3) is 2.34. The van der Waals surface area contributed by atoms with Gasteiger partial charge in [-0.25, -0.2) is 0 Å². The van der Waals surface area contributed by atoms with Crippen molar-refractivity contribution in [3.8, 4) is 0 Å². The van der Waals surface area contributed by atoms with Crippen molar-refractivity contribution in [2.45, 2.75) is 38.3 Å². The Bertz CT molecular complexity index is 497. The van der Waals surface area contributed by atoms with Crippen molar-refractivity contribution in [3.63, 3.8) is 0 Å². The van der Waals surface area contributed by atoms with Gasteiger partial charge in [0.25, 0.3) is 0 Å². The monoisotopic (exact) mass is 284 g/mol. The lowest BCUT2D eigenvalue weighted by Gasteiger charge is -2.36. The third-order valence-corrected chi connectivity index (χ3v) is 5.23. The Kier molecular flexibility index (Phi) is 3.32. The molecule has 0 saturated heterocycles. The van der Waals surface area contributed by atoms with Gasteiger partial charge in [0.2, 0.25) is 0 Å². The second-order valence-corrected chi connectivity index (χ2v) is 6.48. The third-order valence-electron chi connectivity index (χ3n) is 5.23. The van der Waals surface area contributed by atoms with Crippen molar-refractivity contribution in [2.75, 3.05) is 6.61 Å². The first-order valence-electron chi connectivity index (χ1n) is 7.20. The fraction of sp³-hybridized carbons (Fsp3) is 0.625. The van der Waals surface area contributed by atoms with Crippen molar-refractivity contribution in [1.29, 1.82) is 0 Å². The van der Waals surface area contributed by atoms with Crippen LogP contribution in [0.1, 0.15) is 36.8 Å². The van der Waals surface area contributed by atoms with Crippen LogP contribution in [0.25, 0.3) is 0 Å². The van der Waals surface area contributed by atoms with Gasteiger partial charge < -0.3 is 5.11 Å². The molecule has 0 spiro atoms. The number of rotatable bonds is 3. The van der Waals surface area contributed by atoms with Gasteiger partial charge in [-0.3, -0.25) is 0 Å². The molecule has 20 heavy (non-hydrogen) atoms. The van der Waals surface area contributed by atoms with Crippen LogP contribution in [-0.2, 0) is 12.6 Å². The maximum Gasteiger partial charge on any atom is 0.416 e. The SMILES string of the molecule is OCC1(Cc2cccc(C(F)(F)F)c2)CC2CCC1C2. The summed E-state index contributed by atoms with van der Waals surface area (Å²) in [4.78, 5) is 0. The lowest BCUT2D eigenvalue weighted by atomic mass is 9.70. The quantitative estimate of drug-likeness (QED) is 0.888. The molecule has 1 nitrogen and oxygen atoms in total. The van der Waals surface area contributed by atoms with Gasteiger partial charge in [-0.1, -0.05) is 24.6 Å². The lowest BCUT2D eigenvalue weighted by molar-refractivity contribution is -0.137. The highest BCUT2D eigenvalue weighted by Gasteiger charge is 2.50. The fourth-order valence-corrected chi connectivity index (χ4v) is 4.29. The molecule has 3 unspecified atom stereocenters. The van der Waals surface area contributed by atoms with Gasteiger partial charge in [0, 0.05) is 12.0 Å². The maximum atomic E-state index is 12.8. The summed E-state index contributed by atoms with van der Waals surface area (Å²) in [6.07, 6.45) is 0.703. The standard InChI is InChI=1S/C16H19F3O/c17-16(18,19)14-3-1-2-11(7-14)8-15(10-20)9-12-4-5-13(15)6-12/h1-3,7,12-13,20H,4-6,8-10H2. The molecule has 4 heteroatoms. The lowest BCUT2D eigenvalue weighted by Crippen LogP contribution is -2.34. The molecule has 0 radical (unpaired) electrons. The summed E-state index contributed by atoms with van der Waals surface area (Å²) in [5, 5.41) is 9.81. The molecule has 110 valence electrons. The molecule has 0 aliphatic heterocycles. The van der Waals surface area contributed by atoms with E-state index in [0.29, 0.717) is 23.8 Å². The Balaban J connectivity index is 1.84. The minimum atomic E-state index is -4.29. The highest BCUT2D eigenvalue weighted by atomic mass is 19.4. The molecule has 2 fully saturated rings. The molecular formula is C16H19F3O. The highest BCUT2D eigenvalue weighted by Crippen LogP contribution is 2.57. The molecular weight excluding hydrogens is 265 g/mol. The van der Waals surface area contributed by atoms with Gasteiger partial charge in [0.1, 0.15) is 0 Å². The van der Waals surface area contributed by atoms with Crippen LogP contribution in [0.2, 0.25) is 0 Å². The molecule has 0 amide bonds. The molecule has 2 aliphatic carbocycles. The molecule has 0 heterocycles. The van der Waals surface area contributed by atoms with Crippen molar-refractivity contribution >= 4 is 0 Å². The number of alkyl halides is 3. The smallest absolute Gasteiger partial charge is 0.396 e. The van der Waals surface area contributed by atoms with Gasteiger partial charge in [0.05, 0.1) is 5.56 Å². The number of hydrogen-bond donors (Lipinski definition) is 1. The zero-order valence-electron chi connectivity index (χ0n) is 11.3. The van der Waals surface area contributed by atoms with E-state index in [4.69, 9.17) is 0 Å². The number of aliphatic hydroxyl groups is 1. The van der Waals surface area contributed by atoms with E-state index in [1.165, 1.54) is 18.6 Å². The minimum absolute atomic E-state index is 0.0877. The van der Waals surface area contributed by atoms with Crippen molar-refractivity contribution in [3.05, 3.63) is 35.4 Å². The summed E-state index contributed by atoms with van der Waals surface area (Å²) in [6.45, 7) is 0.0877. The Morgan fingerprint density at radius 3 is 2.60 bits per heavy atom. The normalized spacial score (nSPS) is 32.8. The van der Waals surface area contributed by atoms with Crippen molar-refractivity contribution in [1.82, 2.24) is 0 Å². The van der Waals surface area contributed by atoms with Crippen LogP contribution < -0.4 is 0 Å². The van der Waals surface area contributed by atoms with E-state index in [9.17, 15) is 18.3 Å². The maximum absolute atomic E-state index is 12.8. The minimum Gasteiger partial charge on any atom is -0.396 e. The zero-order valence-corrected chi connectivity index (χ0v) is 11.3. The first-order valence-corrected chi connectivity index (χ1v) is 7.20. The fourth-order valence-electron chi connectivity index (χ4n) is 4.29. The van der Waals surface area contributed by atoms with E-state index in [1.54, 1.807) is 6.07 Å². The van der Waals surface area contributed by atoms with E-state index < -0.39 is 11.7 Å². The Hall–Kier alpha value is -1.03. The van der Waals surface area contributed by atoms with E-state index in [2.05, 4.69) is 0 Å². The van der Waals surface area contributed by atoms with Crippen LogP contribution >= 0.6 is 0 Å². The van der Waals surface area contributed by atoms with E-state index in [-0.39, 0.29) is 12.0 Å². The average Bonchev–Trinajstić information content (AvgIpc) is 2.99. The average molecular weight is 284 g/mol.